The first-order valence-electron chi connectivity index (χ1n) is 9.68. The minimum absolute atomic E-state index is 0.265. The molecule has 1 heterocycles. The van der Waals surface area contributed by atoms with Gasteiger partial charge < -0.3 is 0 Å². The number of rotatable bonds is 7. The number of aromatic nitrogens is 2. The van der Waals surface area contributed by atoms with E-state index >= 15 is 0 Å². The van der Waals surface area contributed by atoms with Crippen molar-refractivity contribution in [2.45, 2.75) is 53.4 Å². The molecule has 1 atom stereocenters. The zero-order chi connectivity index (χ0) is 20.7. The second kappa shape index (κ2) is 10.1. The van der Waals surface area contributed by atoms with Gasteiger partial charge in [0.25, 0.3) is 0 Å². The highest BCUT2D eigenvalue weighted by atomic mass is 35.5. The van der Waals surface area contributed by atoms with Crippen LogP contribution in [0.15, 0.2) is 53.6 Å². The number of hydrogen-bond donors (Lipinski definition) is 1. The predicted molar refractivity (Wildman–Crippen MR) is 118 cm³/mol. The third-order valence-electron chi connectivity index (χ3n) is 4.92. The number of hydrogen-bond acceptors (Lipinski definition) is 2. The molecule has 0 radical (unpaired) electrons. The number of nitriles is 1. The monoisotopic (exact) mass is 393 g/mol. The molecular weight excluding hydrogens is 366 g/mol. The van der Waals surface area contributed by atoms with Crippen LogP contribution in [0.1, 0.15) is 69.0 Å². The van der Waals surface area contributed by atoms with Gasteiger partial charge in [0, 0.05) is 27.8 Å². The number of halogens is 1. The minimum atomic E-state index is -0.265. The largest absolute Gasteiger partial charge is 0.282 e. The highest BCUT2D eigenvalue weighted by Gasteiger charge is 2.29. The summed E-state index contributed by atoms with van der Waals surface area (Å²) in [6, 6.07) is 10.3. The fourth-order valence-corrected chi connectivity index (χ4v) is 3.83. The van der Waals surface area contributed by atoms with Gasteiger partial charge in [-0.25, -0.2) is 0 Å². The van der Waals surface area contributed by atoms with Crippen molar-refractivity contribution in [2.75, 3.05) is 0 Å². The van der Waals surface area contributed by atoms with Crippen LogP contribution in [0.25, 0.3) is 5.57 Å². The Morgan fingerprint density at radius 3 is 2.61 bits per heavy atom. The molecule has 0 aliphatic rings. The maximum absolute atomic E-state index is 10.1. The lowest BCUT2D eigenvalue weighted by molar-refractivity contribution is 0.860. The third-order valence-corrected chi connectivity index (χ3v) is 5.27. The van der Waals surface area contributed by atoms with Gasteiger partial charge in [0.05, 0.1) is 11.8 Å². The van der Waals surface area contributed by atoms with Crippen LogP contribution >= 0.6 is 11.6 Å². The quantitative estimate of drug-likeness (QED) is 0.402. The number of nitrogens with zero attached hydrogens (tertiary/aromatic N) is 2. The summed E-state index contributed by atoms with van der Waals surface area (Å²) in [5.74, 6) is -0.265. The summed E-state index contributed by atoms with van der Waals surface area (Å²) in [5.41, 5.74) is 6.60. The van der Waals surface area contributed by atoms with Crippen LogP contribution in [0.5, 0.6) is 0 Å². The molecule has 0 spiro atoms. The third kappa shape index (κ3) is 4.46. The summed E-state index contributed by atoms with van der Waals surface area (Å²) in [7, 11) is 0. The van der Waals surface area contributed by atoms with E-state index < -0.39 is 0 Å². The molecule has 0 bridgehead atoms. The first kappa shape index (κ1) is 21.7. The van der Waals surface area contributed by atoms with Gasteiger partial charge >= 0.3 is 0 Å². The van der Waals surface area contributed by atoms with Gasteiger partial charge in [-0.3, -0.25) is 5.10 Å². The first-order valence-corrected chi connectivity index (χ1v) is 10.1. The standard InChI is InChI=1S/C24H28ClN3/c1-6-11-16(4)20(15-26)23(19-13-9-10-14-21(19)25)22-17(5)27-28-24(22)18(8-3)12-7-2/h7-10,12-14,23H,6,11H2,1-5H3,(H,27,28)/b12-7-,18-8+,20-16+. The number of nitrogens with one attached hydrogen (secondary N) is 1. The molecule has 0 saturated carbocycles. The molecular formula is C24H28ClN3. The SMILES string of the molecule is C/C=C\C(=C/C)c1n[nH]c(C)c1C(/C(C#N)=C(\C)CCC)c1ccccc1Cl. The fourth-order valence-electron chi connectivity index (χ4n) is 3.58. The number of aryl methyl sites for hydroxylation is 1. The fraction of sp³-hybridized carbons (Fsp3) is 0.333. The summed E-state index contributed by atoms with van der Waals surface area (Å²) < 4.78 is 0. The van der Waals surface area contributed by atoms with Gasteiger partial charge in [-0.1, -0.05) is 66.9 Å². The van der Waals surface area contributed by atoms with E-state index in [-0.39, 0.29) is 5.92 Å². The second-order valence-electron chi connectivity index (χ2n) is 6.87. The van der Waals surface area contributed by atoms with E-state index in [2.05, 4.69) is 23.2 Å². The van der Waals surface area contributed by atoms with Crippen LogP contribution in [0.3, 0.4) is 0 Å². The zero-order valence-corrected chi connectivity index (χ0v) is 18.1. The van der Waals surface area contributed by atoms with E-state index in [0.717, 1.165) is 52.1 Å². The summed E-state index contributed by atoms with van der Waals surface area (Å²) in [6.45, 7) is 10.2. The Kier molecular flexibility index (Phi) is 7.84. The van der Waals surface area contributed by atoms with Gasteiger partial charge in [-0.15, -0.1) is 0 Å². The molecule has 0 aliphatic carbocycles. The number of allylic oxidation sites excluding steroid dienone is 6. The van der Waals surface area contributed by atoms with Crippen molar-refractivity contribution in [3.8, 4) is 6.07 Å². The van der Waals surface area contributed by atoms with E-state index in [1.54, 1.807) is 0 Å². The van der Waals surface area contributed by atoms with Crippen LogP contribution in [0, 0.1) is 18.3 Å². The summed E-state index contributed by atoms with van der Waals surface area (Å²) in [5, 5.41) is 18.5. The van der Waals surface area contributed by atoms with Crippen molar-refractivity contribution in [3.05, 3.63) is 81.2 Å². The van der Waals surface area contributed by atoms with Crippen molar-refractivity contribution in [1.82, 2.24) is 10.2 Å². The molecule has 1 unspecified atom stereocenters. The average molecular weight is 394 g/mol. The normalized spacial score (nSPS) is 14.1. The van der Waals surface area contributed by atoms with E-state index in [1.807, 2.05) is 70.2 Å². The molecule has 146 valence electrons. The van der Waals surface area contributed by atoms with Gasteiger partial charge in [-0.05, 0) is 51.3 Å². The van der Waals surface area contributed by atoms with Crippen LogP contribution in [0.4, 0.5) is 0 Å². The smallest absolute Gasteiger partial charge is 0.0961 e. The van der Waals surface area contributed by atoms with Crippen molar-refractivity contribution in [2.24, 2.45) is 0 Å². The molecule has 1 aromatic heterocycles. The maximum atomic E-state index is 10.1. The Labute approximate surface area is 173 Å². The number of aromatic amines is 1. The van der Waals surface area contributed by atoms with E-state index in [9.17, 15) is 5.26 Å². The molecule has 2 aromatic rings. The summed E-state index contributed by atoms with van der Waals surface area (Å²) in [4.78, 5) is 0. The molecule has 1 N–H and O–H groups in total. The van der Waals surface area contributed by atoms with Gasteiger partial charge in [0.1, 0.15) is 0 Å². The van der Waals surface area contributed by atoms with Crippen LogP contribution in [-0.4, -0.2) is 10.2 Å². The van der Waals surface area contributed by atoms with Gasteiger partial charge in [-0.2, -0.15) is 10.4 Å². The van der Waals surface area contributed by atoms with Crippen molar-refractivity contribution in [3.63, 3.8) is 0 Å². The average Bonchev–Trinajstić information content (AvgIpc) is 3.06. The minimum Gasteiger partial charge on any atom is -0.282 e. The van der Waals surface area contributed by atoms with Crippen molar-refractivity contribution in [1.29, 1.82) is 5.26 Å². The molecule has 1 aromatic carbocycles. The van der Waals surface area contributed by atoms with E-state index in [1.165, 1.54) is 0 Å². The zero-order valence-electron chi connectivity index (χ0n) is 17.3. The molecule has 3 nitrogen and oxygen atoms in total. The van der Waals surface area contributed by atoms with Crippen molar-refractivity contribution < 1.29 is 0 Å². The Morgan fingerprint density at radius 2 is 2.04 bits per heavy atom. The number of H-pyrrole nitrogens is 1. The topological polar surface area (TPSA) is 52.5 Å². The molecule has 0 amide bonds. The van der Waals surface area contributed by atoms with Crippen LogP contribution in [-0.2, 0) is 0 Å². The molecule has 0 fully saturated rings. The lowest BCUT2D eigenvalue weighted by Gasteiger charge is -2.22. The van der Waals surface area contributed by atoms with E-state index in [4.69, 9.17) is 11.6 Å². The molecule has 28 heavy (non-hydrogen) atoms. The maximum Gasteiger partial charge on any atom is 0.0961 e. The Balaban J connectivity index is 2.86. The highest BCUT2D eigenvalue weighted by molar-refractivity contribution is 6.31. The Hall–Kier alpha value is -2.57. The Morgan fingerprint density at radius 1 is 1.32 bits per heavy atom. The van der Waals surface area contributed by atoms with Crippen molar-refractivity contribution >= 4 is 17.2 Å². The molecule has 0 aliphatic heterocycles. The lowest BCUT2D eigenvalue weighted by atomic mass is 9.80. The van der Waals surface area contributed by atoms with Gasteiger partial charge in [0.15, 0.2) is 0 Å². The molecule has 4 heteroatoms. The summed E-state index contributed by atoms with van der Waals surface area (Å²) >= 11 is 6.61. The summed E-state index contributed by atoms with van der Waals surface area (Å²) in [6.07, 6.45) is 7.94. The Bertz CT molecular complexity index is 954. The number of benzene rings is 1. The molecule has 2 rings (SSSR count). The second-order valence-corrected chi connectivity index (χ2v) is 7.27. The predicted octanol–water partition coefficient (Wildman–Crippen LogP) is 7.12. The highest BCUT2D eigenvalue weighted by Crippen LogP contribution is 2.41. The molecule has 0 saturated heterocycles. The first-order chi connectivity index (χ1) is 13.5. The van der Waals surface area contributed by atoms with Crippen LogP contribution < -0.4 is 0 Å². The van der Waals surface area contributed by atoms with E-state index in [0.29, 0.717) is 5.02 Å². The van der Waals surface area contributed by atoms with Gasteiger partial charge in [0.2, 0.25) is 0 Å². The lowest BCUT2D eigenvalue weighted by Crippen LogP contribution is -2.10. The van der Waals surface area contributed by atoms with Crippen LogP contribution in [0.2, 0.25) is 5.02 Å².